The van der Waals surface area contributed by atoms with Crippen molar-refractivity contribution in [2.24, 2.45) is 0 Å². The highest BCUT2D eigenvalue weighted by molar-refractivity contribution is 5.12. The summed E-state index contributed by atoms with van der Waals surface area (Å²) < 4.78 is 0. The Bertz CT molecular complexity index is 169. The van der Waals surface area contributed by atoms with Gasteiger partial charge in [0.05, 0.1) is 6.20 Å². The molecule has 0 radical (unpaired) electrons. The van der Waals surface area contributed by atoms with Crippen molar-refractivity contribution in [3.63, 3.8) is 0 Å². The molecule has 54 valence electrons. The maximum atomic E-state index is 8.57. The molecule has 0 bridgehead atoms. The molecule has 0 aromatic carbocycles. The van der Waals surface area contributed by atoms with E-state index in [1.807, 2.05) is 0 Å². The second-order valence-corrected chi connectivity index (χ2v) is 2.27. The molecule has 10 heavy (non-hydrogen) atoms. The van der Waals surface area contributed by atoms with Crippen molar-refractivity contribution in [3.8, 4) is 5.75 Å². The zero-order chi connectivity index (χ0) is 7.23. The standard InChI is InChI=1S/C5H5NO.C3H6/c7-5-2-1-3-6-4-5;1-2-3-1/h1-4,7H;1-3H2. The highest BCUT2D eigenvalue weighted by atomic mass is 16.3. The Morgan fingerprint density at radius 3 is 2.20 bits per heavy atom. The molecule has 0 amide bonds. The number of pyridine rings is 1. The first-order valence-corrected chi connectivity index (χ1v) is 3.48. The van der Waals surface area contributed by atoms with Gasteiger partial charge in [-0.2, -0.15) is 0 Å². The van der Waals surface area contributed by atoms with E-state index in [1.165, 1.54) is 25.5 Å². The van der Waals surface area contributed by atoms with Gasteiger partial charge in [0.25, 0.3) is 0 Å². The normalized spacial score (nSPS) is 13.2. The van der Waals surface area contributed by atoms with Crippen molar-refractivity contribution in [2.45, 2.75) is 19.3 Å². The average molecular weight is 137 g/mol. The van der Waals surface area contributed by atoms with Gasteiger partial charge in [-0.05, 0) is 12.1 Å². The number of hydrogen-bond acceptors (Lipinski definition) is 2. The van der Waals surface area contributed by atoms with Crippen LogP contribution in [0.5, 0.6) is 5.75 Å². The van der Waals surface area contributed by atoms with Crippen LogP contribution in [0.25, 0.3) is 0 Å². The summed E-state index contributed by atoms with van der Waals surface area (Å²) in [7, 11) is 0. The van der Waals surface area contributed by atoms with Gasteiger partial charge in [-0.15, -0.1) is 0 Å². The molecule has 2 rings (SSSR count). The van der Waals surface area contributed by atoms with Crippen LogP contribution < -0.4 is 0 Å². The van der Waals surface area contributed by atoms with Gasteiger partial charge < -0.3 is 5.11 Å². The number of nitrogens with zero attached hydrogens (tertiary/aromatic N) is 1. The van der Waals surface area contributed by atoms with E-state index in [4.69, 9.17) is 5.11 Å². The van der Waals surface area contributed by atoms with Crippen LogP contribution in [0.15, 0.2) is 24.5 Å². The lowest BCUT2D eigenvalue weighted by atomic mass is 10.5. The highest BCUT2D eigenvalue weighted by Crippen LogP contribution is 2.14. The lowest BCUT2D eigenvalue weighted by molar-refractivity contribution is 0.472. The second-order valence-electron chi connectivity index (χ2n) is 2.27. The van der Waals surface area contributed by atoms with Gasteiger partial charge in [-0.1, -0.05) is 19.3 Å². The average Bonchev–Trinajstić information content (AvgIpc) is 2.73. The molecule has 1 fully saturated rings. The van der Waals surface area contributed by atoms with Crippen LogP contribution in [-0.2, 0) is 0 Å². The van der Waals surface area contributed by atoms with Crippen molar-refractivity contribution in [1.82, 2.24) is 4.98 Å². The van der Waals surface area contributed by atoms with Gasteiger partial charge in [-0.3, -0.25) is 4.98 Å². The predicted molar refractivity (Wildman–Crippen MR) is 39.8 cm³/mol. The Morgan fingerprint density at radius 1 is 1.30 bits per heavy atom. The summed E-state index contributed by atoms with van der Waals surface area (Å²) in [6.45, 7) is 0. The number of rotatable bonds is 0. The van der Waals surface area contributed by atoms with Gasteiger partial charge in [0.15, 0.2) is 0 Å². The van der Waals surface area contributed by atoms with Crippen LogP contribution in [0.4, 0.5) is 0 Å². The monoisotopic (exact) mass is 137 g/mol. The summed E-state index contributed by atoms with van der Waals surface area (Å²) in [6.07, 6.45) is 7.50. The highest BCUT2D eigenvalue weighted by Gasteiger charge is 1.95. The second kappa shape index (κ2) is 3.88. The minimum atomic E-state index is 0.211. The van der Waals surface area contributed by atoms with Crippen LogP contribution in [0.3, 0.4) is 0 Å². The lowest BCUT2D eigenvalue weighted by Gasteiger charge is -1.81. The Labute approximate surface area is 60.5 Å². The summed E-state index contributed by atoms with van der Waals surface area (Å²) in [5, 5.41) is 8.57. The van der Waals surface area contributed by atoms with Crippen LogP contribution in [0.1, 0.15) is 19.3 Å². The fourth-order valence-corrected chi connectivity index (χ4v) is 0.354. The molecule has 1 aliphatic carbocycles. The first kappa shape index (κ1) is 7.06. The van der Waals surface area contributed by atoms with Crippen molar-refractivity contribution in [2.75, 3.05) is 0 Å². The molecule has 0 atom stereocenters. The molecule has 2 nitrogen and oxygen atoms in total. The first-order valence-electron chi connectivity index (χ1n) is 3.48. The molecule has 2 heteroatoms. The zero-order valence-corrected chi connectivity index (χ0v) is 5.83. The summed E-state index contributed by atoms with van der Waals surface area (Å²) in [4.78, 5) is 3.63. The third-order valence-electron chi connectivity index (χ3n) is 0.999. The minimum Gasteiger partial charge on any atom is -0.506 e. The van der Waals surface area contributed by atoms with Gasteiger partial charge in [0, 0.05) is 6.20 Å². The third kappa shape index (κ3) is 3.89. The quantitative estimate of drug-likeness (QED) is 0.593. The van der Waals surface area contributed by atoms with E-state index in [2.05, 4.69) is 4.98 Å². The van der Waals surface area contributed by atoms with Crippen LogP contribution in [0.2, 0.25) is 0 Å². The summed E-state index contributed by atoms with van der Waals surface area (Å²) >= 11 is 0. The number of aromatic hydroxyl groups is 1. The van der Waals surface area contributed by atoms with E-state index >= 15 is 0 Å². The predicted octanol–water partition coefficient (Wildman–Crippen LogP) is 1.96. The summed E-state index contributed by atoms with van der Waals surface area (Å²) in [5.41, 5.74) is 0. The Kier molecular flexibility index (Phi) is 2.74. The van der Waals surface area contributed by atoms with Crippen LogP contribution in [-0.4, -0.2) is 10.1 Å². The maximum absolute atomic E-state index is 8.57. The molecule has 1 aliphatic rings. The molecule has 1 saturated carbocycles. The third-order valence-corrected chi connectivity index (χ3v) is 0.999. The molecule has 1 aromatic heterocycles. The molecular formula is C8H11NO. The summed E-state index contributed by atoms with van der Waals surface area (Å²) in [6, 6.07) is 3.25. The molecule has 0 unspecified atom stereocenters. The van der Waals surface area contributed by atoms with E-state index in [1.54, 1.807) is 18.3 Å². The summed E-state index contributed by atoms with van der Waals surface area (Å²) in [5.74, 6) is 0.211. The van der Waals surface area contributed by atoms with Gasteiger partial charge in [0.1, 0.15) is 5.75 Å². The Hall–Kier alpha value is -1.05. The van der Waals surface area contributed by atoms with E-state index in [9.17, 15) is 0 Å². The lowest BCUT2D eigenvalue weighted by Crippen LogP contribution is -1.64. The topological polar surface area (TPSA) is 33.1 Å². The minimum absolute atomic E-state index is 0.211. The molecule has 1 heterocycles. The van der Waals surface area contributed by atoms with Crippen LogP contribution >= 0.6 is 0 Å². The van der Waals surface area contributed by atoms with Crippen molar-refractivity contribution >= 4 is 0 Å². The molecule has 1 aromatic rings. The fourth-order valence-electron chi connectivity index (χ4n) is 0.354. The van der Waals surface area contributed by atoms with Crippen molar-refractivity contribution in [1.29, 1.82) is 0 Å². The first-order chi connectivity index (χ1) is 4.89. The Balaban J connectivity index is 0.000000138. The number of hydrogen-bond donors (Lipinski definition) is 1. The van der Waals surface area contributed by atoms with E-state index in [0.29, 0.717) is 0 Å². The van der Waals surface area contributed by atoms with Gasteiger partial charge in [-0.25, -0.2) is 0 Å². The Morgan fingerprint density at radius 2 is 2.00 bits per heavy atom. The van der Waals surface area contributed by atoms with E-state index in [-0.39, 0.29) is 5.75 Å². The van der Waals surface area contributed by atoms with Gasteiger partial charge >= 0.3 is 0 Å². The van der Waals surface area contributed by atoms with Crippen molar-refractivity contribution < 1.29 is 5.11 Å². The van der Waals surface area contributed by atoms with E-state index < -0.39 is 0 Å². The van der Waals surface area contributed by atoms with Gasteiger partial charge in [0.2, 0.25) is 0 Å². The van der Waals surface area contributed by atoms with Crippen molar-refractivity contribution in [3.05, 3.63) is 24.5 Å². The molecular weight excluding hydrogens is 126 g/mol. The fraction of sp³-hybridized carbons (Fsp3) is 0.375. The SMILES string of the molecule is C1CC1.Oc1cccnc1. The van der Waals surface area contributed by atoms with Crippen LogP contribution in [0, 0.1) is 0 Å². The smallest absolute Gasteiger partial charge is 0.133 e. The maximum Gasteiger partial charge on any atom is 0.133 e. The largest absolute Gasteiger partial charge is 0.506 e. The molecule has 1 N–H and O–H groups in total. The number of aromatic nitrogens is 1. The molecule has 0 aliphatic heterocycles. The van der Waals surface area contributed by atoms with E-state index in [0.717, 1.165) is 0 Å². The molecule has 0 spiro atoms. The molecule has 0 saturated heterocycles. The zero-order valence-electron chi connectivity index (χ0n) is 5.83.